The average Bonchev–Trinajstić information content (AvgIpc) is 2.74. The van der Waals surface area contributed by atoms with Crippen LogP contribution < -0.4 is 16.0 Å². The van der Waals surface area contributed by atoms with Crippen molar-refractivity contribution in [3.63, 3.8) is 0 Å². The molecule has 3 N–H and O–H groups in total. The largest absolute Gasteiger partial charge is 0.368 e. The number of nitrogens with two attached hydrogens (primary N) is 1. The van der Waals surface area contributed by atoms with Crippen molar-refractivity contribution in [3.05, 3.63) is 20.8 Å². The summed E-state index contributed by atoms with van der Waals surface area (Å²) in [4.78, 5) is 15.5. The van der Waals surface area contributed by atoms with Crippen LogP contribution in [0.25, 0.3) is 0 Å². The van der Waals surface area contributed by atoms with Gasteiger partial charge in [-0.1, -0.05) is 0 Å². The third-order valence-electron chi connectivity index (χ3n) is 2.32. The highest BCUT2D eigenvalue weighted by atomic mass is 79.9. The number of thiophene rings is 1. The molecule has 2 heterocycles. The summed E-state index contributed by atoms with van der Waals surface area (Å²) in [6, 6.07) is 4.15. The van der Waals surface area contributed by atoms with Gasteiger partial charge in [0, 0.05) is 25.5 Å². The number of anilines is 3. The lowest BCUT2D eigenvalue weighted by atomic mass is 10.3. The molecule has 2 aromatic heterocycles. The van der Waals surface area contributed by atoms with Crippen molar-refractivity contribution in [2.24, 2.45) is 0 Å². The molecule has 0 aliphatic heterocycles. The van der Waals surface area contributed by atoms with Gasteiger partial charge in [0.05, 0.1) is 3.79 Å². The van der Waals surface area contributed by atoms with Gasteiger partial charge in [0.25, 0.3) is 0 Å². The quantitative estimate of drug-likeness (QED) is 0.864. The van der Waals surface area contributed by atoms with E-state index in [9.17, 15) is 0 Å². The van der Waals surface area contributed by atoms with Crippen molar-refractivity contribution in [1.29, 1.82) is 0 Å². The molecule has 102 valence electrons. The van der Waals surface area contributed by atoms with Crippen molar-refractivity contribution in [3.8, 4) is 0 Å². The van der Waals surface area contributed by atoms with Crippen LogP contribution in [0.2, 0.25) is 0 Å². The third kappa shape index (κ3) is 4.03. The number of rotatable bonds is 5. The summed E-state index contributed by atoms with van der Waals surface area (Å²) in [6.45, 7) is 0.753. The molecule has 0 spiro atoms. The zero-order valence-electron chi connectivity index (χ0n) is 10.7. The Morgan fingerprint density at radius 2 is 2.11 bits per heavy atom. The van der Waals surface area contributed by atoms with Gasteiger partial charge in [-0.2, -0.15) is 15.0 Å². The number of hydrogen-bond acceptors (Lipinski definition) is 7. The van der Waals surface area contributed by atoms with Crippen LogP contribution in [-0.4, -0.2) is 35.6 Å². The van der Waals surface area contributed by atoms with Crippen LogP contribution in [-0.2, 0) is 6.42 Å². The first kappa shape index (κ1) is 14.0. The summed E-state index contributed by atoms with van der Waals surface area (Å²) in [7, 11) is 3.73. The van der Waals surface area contributed by atoms with Crippen LogP contribution in [0.1, 0.15) is 4.88 Å². The number of hydrogen-bond donors (Lipinski definition) is 2. The van der Waals surface area contributed by atoms with Crippen LogP contribution in [0.15, 0.2) is 15.9 Å². The molecule has 0 aliphatic rings. The van der Waals surface area contributed by atoms with Gasteiger partial charge in [0.2, 0.25) is 17.8 Å². The Hall–Kier alpha value is -1.41. The molecule has 0 saturated heterocycles. The Balaban J connectivity index is 1.95. The molecular formula is C11H15BrN6S. The molecule has 0 aromatic carbocycles. The minimum absolute atomic E-state index is 0.222. The fraction of sp³-hybridized carbons (Fsp3) is 0.364. The number of nitrogens with one attached hydrogen (secondary N) is 1. The van der Waals surface area contributed by atoms with Gasteiger partial charge >= 0.3 is 0 Å². The monoisotopic (exact) mass is 342 g/mol. The van der Waals surface area contributed by atoms with E-state index in [0.29, 0.717) is 11.9 Å². The lowest BCUT2D eigenvalue weighted by Gasteiger charge is -2.11. The summed E-state index contributed by atoms with van der Waals surface area (Å²) >= 11 is 5.17. The Labute approximate surface area is 124 Å². The van der Waals surface area contributed by atoms with E-state index in [4.69, 9.17) is 5.73 Å². The van der Waals surface area contributed by atoms with Crippen molar-refractivity contribution >= 4 is 45.1 Å². The van der Waals surface area contributed by atoms with Crippen molar-refractivity contribution in [2.75, 3.05) is 36.6 Å². The Kier molecular flexibility index (Phi) is 4.54. The van der Waals surface area contributed by atoms with E-state index in [1.807, 2.05) is 20.2 Å². The Bertz CT molecular complexity index is 556. The first-order chi connectivity index (χ1) is 9.04. The summed E-state index contributed by atoms with van der Waals surface area (Å²) in [5, 5.41) is 3.16. The molecule has 8 heteroatoms. The van der Waals surface area contributed by atoms with Gasteiger partial charge in [0.1, 0.15) is 0 Å². The zero-order chi connectivity index (χ0) is 13.8. The first-order valence-corrected chi connectivity index (χ1v) is 7.32. The number of nitrogens with zero attached hydrogens (tertiary/aromatic N) is 4. The zero-order valence-corrected chi connectivity index (χ0v) is 13.1. The van der Waals surface area contributed by atoms with Gasteiger partial charge in [-0.3, -0.25) is 0 Å². The maximum atomic E-state index is 5.65. The lowest BCUT2D eigenvalue weighted by Crippen LogP contribution is -2.17. The normalized spacial score (nSPS) is 10.5. The van der Waals surface area contributed by atoms with Crippen LogP contribution in [0, 0.1) is 0 Å². The molecule has 2 aromatic rings. The van der Waals surface area contributed by atoms with E-state index in [2.05, 4.69) is 42.3 Å². The smallest absolute Gasteiger partial charge is 0.231 e. The van der Waals surface area contributed by atoms with Crippen LogP contribution >= 0.6 is 27.3 Å². The molecule has 0 amide bonds. The molecule has 0 bridgehead atoms. The van der Waals surface area contributed by atoms with E-state index in [1.54, 1.807) is 16.2 Å². The number of nitrogen functional groups attached to an aromatic ring is 1. The molecule has 0 saturated carbocycles. The predicted octanol–water partition coefficient (Wildman–Crippen LogP) is 2.00. The molecular weight excluding hydrogens is 328 g/mol. The van der Waals surface area contributed by atoms with E-state index in [-0.39, 0.29) is 5.95 Å². The van der Waals surface area contributed by atoms with Gasteiger partial charge in [-0.05, 0) is 34.5 Å². The van der Waals surface area contributed by atoms with E-state index in [0.717, 1.165) is 16.8 Å². The molecule has 0 radical (unpaired) electrons. The van der Waals surface area contributed by atoms with Crippen molar-refractivity contribution < 1.29 is 0 Å². The van der Waals surface area contributed by atoms with Crippen LogP contribution in [0.4, 0.5) is 17.8 Å². The molecule has 0 aliphatic carbocycles. The second-order valence-corrected chi connectivity index (χ2v) is 6.64. The summed E-state index contributed by atoms with van der Waals surface area (Å²) in [5.74, 6) is 1.28. The highest BCUT2D eigenvalue weighted by molar-refractivity contribution is 9.11. The van der Waals surface area contributed by atoms with Gasteiger partial charge in [-0.25, -0.2) is 0 Å². The Morgan fingerprint density at radius 1 is 1.32 bits per heavy atom. The molecule has 19 heavy (non-hydrogen) atoms. The van der Waals surface area contributed by atoms with E-state index >= 15 is 0 Å². The average molecular weight is 343 g/mol. The Morgan fingerprint density at radius 3 is 2.74 bits per heavy atom. The third-order valence-corrected chi connectivity index (χ3v) is 4.01. The standard InChI is InChI=1S/C11H15BrN6S/c1-18(2)11-16-9(13)15-10(17-11)14-6-5-7-3-4-8(12)19-7/h3-4H,5-6H2,1-2H3,(H3,13,14,15,16,17). The topological polar surface area (TPSA) is 80.0 Å². The predicted molar refractivity (Wildman–Crippen MR) is 82.8 cm³/mol. The SMILES string of the molecule is CN(C)c1nc(N)nc(NCCc2ccc(Br)s2)n1. The summed E-state index contributed by atoms with van der Waals surface area (Å²) in [6.07, 6.45) is 0.916. The maximum absolute atomic E-state index is 5.65. The van der Waals surface area contributed by atoms with Gasteiger partial charge in [-0.15, -0.1) is 11.3 Å². The number of halogens is 1. The maximum Gasteiger partial charge on any atom is 0.231 e. The fourth-order valence-corrected chi connectivity index (χ4v) is 2.93. The van der Waals surface area contributed by atoms with E-state index < -0.39 is 0 Å². The minimum Gasteiger partial charge on any atom is -0.368 e. The highest BCUT2D eigenvalue weighted by Crippen LogP contribution is 2.22. The fourth-order valence-electron chi connectivity index (χ4n) is 1.44. The molecule has 0 atom stereocenters. The molecule has 0 fully saturated rings. The van der Waals surface area contributed by atoms with Crippen molar-refractivity contribution in [2.45, 2.75) is 6.42 Å². The lowest BCUT2D eigenvalue weighted by molar-refractivity contribution is 0.940. The van der Waals surface area contributed by atoms with Crippen LogP contribution in [0.5, 0.6) is 0 Å². The minimum atomic E-state index is 0.222. The first-order valence-electron chi connectivity index (χ1n) is 5.71. The summed E-state index contributed by atoms with van der Waals surface area (Å²) in [5.41, 5.74) is 5.65. The molecule has 2 rings (SSSR count). The second kappa shape index (κ2) is 6.16. The highest BCUT2D eigenvalue weighted by Gasteiger charge is 2.05. The van der Waals surface area contributed by atoms with Crippen molar-refractivity contribution in [1.82, 2.24) is 15.0 Å². The molecule has 0 unspecified atom stereocenters. The summed E-state index contributed by atoms with van der Waals surface area (Å²) < 4.78 is 1.14. The number of aromatic nitrogens is 3. The second-order valence-electron chi connectivity index (χ2n) is 4.09. The van der Waals surface area contributed by atoms with Gasteiger partial charge < -0.3 is 16.0 Å². The van der Waals surface area contributed by atoms with Crippen LogP contribution in [0.3, 0.4) is 0 Å². The van der Waals surface area contributed by atoms with E-state index in [1.165, 1.54) is 4.88 Å². The molecule has 6 nitrogen and oxygen atoms in total. The van der Waals surface area contributed by atoms with Gasteiger partial charge in [0.15, 0.2) is 0 Å².